The molecule has 4 heterocycles. The van der Waals surface area contributed by atoms with E-state index in [1.165, 1.54) is 10.6 Å². The number of piperidine rings is 1. The van der Waals surface area contributed by atoms with Crippen LogP contribution < -0.4 is 15.0 Å². The number of benzene rings is 1. The van der Waals surface area contributed by atoms with Gasteiger partial charge in [0.05, 0.1) is 4.92 Å². The van der Waals surface area contributed by atoms with Crippen LogP contribution in [0.3, 0.4) is 0 Å². The van der Waals surface area contributed by atoms with Crippen molar-refractivity contribution in [2.75, 3.05) is 19.7 Å². The van der Waals surface area contributed by atoms with Crippen LogP contribution in [-0.4, -0.2) is 46.1 Å². The Morgan fingerprint density at radius 3 is 2.69 bits per heavy atom. The molecule has 1 unspecified atom stereocenters. The molecule has 0 saturated carbocycles. The van der Waals surface area contributed by atoms with Gasteiger partial charge in [-0.2, -0.15) is 0 Å². The maximum absolute atomic E-state index is 13.1. The molecular weight excluding hydrogens is 378 g/mol. The average molecular weight is 397 g/mol. The zero-order chi connectivity index (χ0) is 20.1. The Bertz CT molecular complexity index is 1060. The highest BCUT2D eigenvalue weighted by Gasteiger charge is 2.40. The molecule has 0 spiro atoms. The molecule has 2 bridgehead atoms. The smallest absolute Gasteiger partial charge is 0.334 e. The zero-order valence-corrected chi connectivity index (χ0v) is 15.5. The maximum Gasteiger partial charge on any atom is 0.334 e. The summed E-state index contributed by atoms with van der Waals surface area (Å²) >= 11 is 0. The van der Waals surface area contributed by atoms with Crippen molar-refractivity contribution < 1.29 is 19.2 Å². The lowest BCUT2D eigenvalue weighted by molar-refractivity contribution is -0.386. The molecular formula is C20H19N3O6. The van der Waals surface area contributed by atoms with Gasteiger partial charge in [-0.3, -0.25) is 19.7 Å². The fraction of sp³-hybridized carbons (Fsp3) is 0.400. The topological polar surface area (TPSA) is 104 Å². The van der Waals surface area contributed by atoms with Crippen molar-refractivity contribution in [3.63, 3.8) is 0 Å². The van der Waals surface area contributed by atoms with E-state index in [2.05, 4.69) is 0 Å². The third-order valence-electron chi connectivity index (χ3n) is 5.88. The van der Waals surface area contributed by atoms with E-state index in [-0.39, 0.29) is 24.3 Å². The Labute approximate surface area is 165 Å². The monoisotopic (exact) mass is 397 g/mol. The van der Waals surface area contributed by atoms with Crippen LogP contribution in [0.2, 0.25) is 0 Å². The van der Waals surface area contributed by atoms with E-state index < -0.39 is 22.3 Å². The number of nitrogens with zero attached hydrogens (tertiary/aromatic N) is 3. The fourth-order valence-electron chi connectivity index (χ4n) is 4.60. The third kappa shape index (κ3) is 2.93. The molecule has 1 fully saturated rings. The summed E-state index contributed by atoms with van der Waals surface area (Å²) in [5.41, 5.74) is -0.226. The van der Waals surface area contributed by atoms with Gasteiger partial charge < -0.3 is 18.9 Å². The van der Waals surface area contributed by atoms with Crippen molar-refractivity contribution in [3.05, 3.63) is 62.6 Å². The van der Waals surface area contributed by atoms with Crippen LogP contribution >= 0.6 is 0 Å². The number of likely N-dealkylation sites (tertiary alicyclic amines) is 1. The van der Waals surface area contributed by atoms with Crippen LogP contribution in [0.5, 0.6) is 11.5 Å². The van der Waals surface area contributed by atoms with Crippen molar-refractivity contribution in [2.45, 2.75) is 25.0 Å². The highest BCUT2D eigenvalue weighted by Crippen LogP contribution is 2.37. The standard InChI is InChI=1S/C20H19N3O6/c24-19-15(23(26)27)6-5-14-13-7-12(9-22(14)19)8-21(10-13)20(25)18-11-28-16-3-1-2-4-17(16)29-18/h1-6,12-13,18H,7-11H2/t12-,13+,18?/m1/s1. The predicted molar refractivity (Wildman–Crippen MR) is 101 cm³/mol. The van der Waals surface area contributed by atoms with Gasteiger partial charge >= 0.3 is 11.2 Å². The van der Waals surface area contributed by atoms with Crippen LogP contribution in [0.4, 0.5) is 5.69 Å². The number of hydrogen-bond donors (Lipinski definition) is 0. The summed E-state index contributed by atoms with van der Waals surface area (Å²) < 4.78 is 13.0. The van der Waals surface area contributed by atoms with Crippen molar-refractivity contribution >= 4 is 11.6 Å². The normalized spacial score (nSPS) is 24.6. The second kappa shape index (κ2) is 6.61. The Balaban J connectivity index is 1.37. The fourth-order valence-corrected chi connectivity index (χ4v) is 4.60. The molecule has 3 atom stereocenters. The number of carbonyl (C=O) groups is 1. The van der Waals surface area contributed by atoms with Crippen LogP contribution in [-0.2, 0) is 11.3 Å². The first kappa shape index (κ1) is 17.7. The van der Waals surface area contributed by atoms with Gasteiger partial charge in [-0.25, -0.2) is 0 Å². The summed E-state index contributed by atoms with van der Waals surface area (Å²) in [5.74, 6) is 1.09. The number of carbonyl (C=O) groups excluding carboxylic acids is 1. The van der Waals surface area contributed by atoms with E-state index >= 15 is 0 Å². The Morgan fingerprint density at radius 2 is 1.90 bits per heavy atom. The molecule has 0 aliphatic carbocycles. The molecule has 0 radical (unpaired) electrons. The molecule has 1 saturated heterocycles. The molecule has 9 nitrogen and oxygen atoms in total. The van der Waals surface area contributed by atoms with Gasteiger partial charge in [-0.1, -0.05) is 12.1 Å². The number of hydrogen-bond acceptors (Lipinski definition) is 6. The number of nitro groups is 1. The van der Waals surface area contributed by atoms with Crippen LogP contribution in [0.1, 0.15) is 18.0 Å². The predicted octanol–water partition coefficient (Wildman–Crippen LogP) is 1.54. The molecule has 0 N–H and O–H groups in total. The molecule has 3 aliphatic heterocycles. The first-order valence-corrected chi connectivity index (χ1v) is 9.56. The minimum Gasteiger partial charge on any atom is -0.485 e. The summed E-state index contributed by atoms with van der Waals surface area (Å²) in [4.78, 5) is 37.8. The van der Waals surface area contributed by atoms with E-state index in [4.69, 9.17) is 9.47 Å². The van der Waals surface area contributed by atoms with E-state index in [1.807, 2.05) is 12.1 Å². The van der Waals surface area contributed by atoms with Crippen molar-refractivity contribution in [1.29, 1.82) is 0 Å². The number of aromatic nitrogens is 1. The van der Waals surface area contributed by atoms with Gasteiger partial charge in [-0.05, 0) is 30.5 Å². The van der Waals surface area contributed by atoms with E-state index in [1.54, 1.807) is 23.1 Å². The molecule has 1 amide bonds. The SMILES string of the molecule is O=C(C1COc2ccccc2O1)N1C[C@H]2C[C@@H](C1)c1ccc([N+](=O)[O-])c(=O)n1C2. The van der Waals surface area contributed by atoms with Gasteiger partial charge in [0.2, 0.25) is 6.10 Å². The maximum atomic E-state index is 13.1. The number of fused-ring (bicyclic) bond motifs is 5. The van der Waals surface area contributed by atoms with E-state index in [0.717, 1.165) is 12.1 Å². The van der Waals surface area contributed by atoms with Crippen LogP contribution in [0, 0.1) is 16.0 Å². The highest BCUT2D eigenvalue weighted by atomic mass is 16.6. The molecule has 2 aromatic rings. The second-order valence-electron chi connectivity index (χ2n) is 7.72. The summed E-state index contributed by atoms with van der Waals surface area (Å²) in [6.45, 7) is 1.48. The van der Waals surface area contributed by atoms with Gasteiger partial charge in [0.15, 0.2) is 11.5 Å². The van der Waals surface area contributed by atoms with Gasteiger partial charge in [0, 0.05) is 37.3 Å². The Hall–Kier alpha value is -3.36. The molecule has 9 heteroatoms. The zero-order valence-electron chi connectivity index (χ0n) is 15.5. The Kier molecular flexibility index (Phi) is 4.04. The molecule has 150 valence electrons. The number of rotatable bonds is 2. The quantitative estimate of drug-likeness (QED) is 0.562. The lowest BCUT2D eigenvalue weighted by Gasteiger charge is -2.43. The molecule has 5 rings (SSSR count). The summed E-state index contributed by atoms with van der Waals surface area (Å²) in [5, 5.41) is 11.1. The number of ether oxygens (including phenoxy) is 2. The minimum atomic E-state index is -0.706. The second-order valence-corrected chi connectivity index (χ2v) is 7.72. The van der Waals surface area contributed by atoms with Crippen molar-refractivity contribution in [1.82, 2.24) is 9.47 Å². The number of para-hydroxylation sites is 2. The van der Waals surface area contributed by atoms with Crippen molar-refractivity contribution in [2.24, 2.45) is 5.92 Å². The lowest BCUT2D eigenvalue weighted by Crippen LogP contribution is -2.54. The number of pyridine rings is 1. The van der Waals surface area contributed by atoms with E-state index in [9.17, 15) is 19.7 Å². The third-order valence-corrected chi connectivity index (χ3v) is 5.88. The molecule has 1 aromatic carbocycles. The summed E-state index contributed by atoms with van der Waals surface area (Å²) in [6.07, 6.45) is 0.147. The largest absolute Gasteiger partial charge is 0.485 e. The van der Waals surface area contributed by atoms with Gasteiger partial charge in [0.25, 0.3) is 5.91 Å². The first-order chi connectivity index (χ1) is 14.0. The van der Waals surface area contributed by atoms with Crippen LogP contribution in [0.25, 0.3) is 0 Å². The molecule has 29 heavy (non-hydrogen) atoms. The lowest BCUT2D eigenvalue weighted by atomic mass is 9.83. The summed E-state index contributed by atoms with van der Waals surface area (Å²) in [7, 11) is 0. The molecule has 1 aromatic heterocycles. The van der Waals surface area contributed by atoms with Gasteiger partial charge in [0.1, 0.15) is 6.61 Å². The summed E-state index contributed by atoms with van der Waals surface area (Å²) in [6, 6.07) is 10.2. The average Bonchev–Trinajstić information content (AvgIpc) is 2.73. The van der Waals surface area contributed by atoms with Gasteiger partial charge in [-0.15, -0.1) is 0 Å². The first-order valence-electron chi connectivity index (χ1n) is 9.56. The van der Waals surface area contributed by atoms with E-state index in [0.29, 0.717) is 31.1 Å². The number of amides is 1. The molecule has 3 aliphatic rings. The van der Waals surface area contributed by atoms with Crippen LogP contribution in [0.15, 0.2) is 41.2 Å². The van der Waals surface area contributed by atoms with Crippen molar-refractivity contribution in [3.8, 4) is 11.5 Å². The highest BCUT2D eigenvalue weighted by molar-refractivity contribution is 5.82. The Morgan fingerprint density at radius 1 is 1.10 bits per heavy atom. The minimum absolute atomic E-state index is 0.0308.